The zero-order chi connectivity index (χ0) is 8.69. The first-order valence-corrected chi connectivity index (χ1v) is 3.85. The highest BCUT2D eigenvalue weighted by molar-refractivity contribution is 5.77. The van der Waals surface area contributed by atoms with Crippen LogP contribution >= 0.6 is 0 Å². The van der Waals surface area contributed by atoms with E-state index in [0.29, 0.717) is 5.96 Å². The number of rotatable bonds is 4. The number of hydrogen-bond donors (Lipinski definition) is 2. The van der Waals surface area contributed by atoms with Gasteiger partial charge in [0.15, 0.2) is 5.96 Å². The van der Waals surface area contributed by atoms with Gasteiger partial charge in [-0.3, -0.25) is 4.99 Å². The summed E-state index contributed by atoms with van der Waals surface area (Å²) >= 11 is 0. The molecule has 66 valence electrons. The van der Waals surface area contributed by atoms with E-state index >= 15 is 0 Å². The monoisotopic (exact) mass is 158 g/mol. The van der Waals surface area contributed by atoms with Crippen LogP contribution in [0.5, 0.6) is 0 Å². The molecule has 4 nitrogen and oxygen atoms in total. The molecule has 11 heavy (non-hydrogen) atoms. The molecular formula is C7H18N4. The summed E-state index contributed by atoms with van der Waals surface area (Å²) in [6, 6.07) is 0. The summed E-state index contributed by atoms with van der Waals surface area (Å²) in [5.41, 5.74) is 5.42. The first-order chi connectivity index (χ1) is 5.20. The van der Waals surface area contributed by atoms with Crippen molar-refractivity contribution in [2.75, 3.05) is 33.7 Å². The van der Waals surface area contributed by atoms with E-state index in [1.165, 1.54) is 0 Å². The first-order valence-electron chi connectivity index (χ1n) is 3.85. The van der Waals surface area contributed by atoms with Crippen molar-refractivity contribution in [2.45, 2.75) is 6.92 Å². The summed E-state index contributed by atoms with van der Waals surface area (Å²) in [6.45, 7) is 5.03. The molecule has 0 heterocycles. The Bertz CT molecular complexity index is 122. The molecule has 0 aliphatic carbocycles. The summed E-state index contributed by atoms with van der Waals surface area (Å²) in [4.78, 5) is 5.98. The van der Waals surface area contributed by atoms with Crippen LogP contribution in [0.3, 0.4) is 0 Å². The van der Waals surface area contributed by atoms with Crippen molar-refractivity contribution in [1.29, 1.82) is 0 Å². The van der Waals surface area contributed by atoms with Gasteiger partial charge in [0.2, 0.25) is 0 Å². The van der Waals surface area contributed by atoms with Crippen molar-refractivity contribution in [2.24, 2.45) is 10.7 Å². The number of aliphatic imine (C=N–C) groups is 1. The van der Waals surface area contributed by atoms with Crippen molar-refractivity contribution < 1.29 is 0 Å². The van der Waals surface area contributed by atoms with Crippen LogP contribution in [0, 0.1) is 0 Å². The molecular weight excluding hydrogens is 140 g/mol. The number of guanidine groups is 1. The SMILES string of the molecule is CCN(C)CCNC(N)=NC. The van der Waals surface area contributed by atoms with Crippen molar-refractivity contribution in [1.82, 2.24) is 10.2 Å². The summed E-state index contributed by atoms with van der Waals surface area (Å²) in [5, 5.41) is 2.98. The summed E-state index contributed by atoms with van der Waals surface area (Å²) in [5.74, 6) is 0.509. The van der Waals surface area contributed by atoms with E-state index in [2.05, 4.69) is 29.2 Å². The van der Waals surface area contributed by atoms with Crippen LogP contribution in [0.4, 0.5) is 0 Å². The van der Waals surface area contributed by atoms with E-state index in [4.69, 9.17) is 5.73 Å². The van der Waals surface area contributed by atoms with Crippen molar-refractivity contribution in [3.63, 3.8) is 0 Å². The van der Waals surface area contributed by atoms with Gasteiger partial charge in [-0.1, -0.05) is 6.92 Å². The first kappa shape index (κ1) is 10.2. The smallest absolute Gasteiger partial charge is 0.188 e. The van der Waals surface area contributed by atoms with Gasteiger partial charge in [0.05, 0.1) is 0 Å². The Kier molecular flexibility index (Phi) is 5.56. The maximum atomic E-state index is 5.42. The number of hydrogen-bond acceptors (Lipinski definition) is 2. The largest absolute Gasteiger partial charge is 0.370 e. The second-order valence-electron chi connectivity index (χ2n) is 2.43. The standard InChI is InChI=1S/C7H18N4/c1-4-11(3)6-5-10-7(8)9-2/h4-6H2,1-3H3,(H3,8,9,10). The van der Waals surface area contributed by atoms with Gasteiger partial charge in [0, 0.05) is 20.1 Å². The van der Waals surface area contributed by atoms with Gasteiger partial charge in [-0.2, -0.15) is 0 Å². The highest BCUT2D eigenvalue weighted by Crippen LogP contribution is 1.76. The fraction of sp³-hybridized carbons (Fsp3) is 0.857. The average Bonchev–Trinajstić information content (AvgIpc) is 2.04. The minimum Gasteiger partial charge on any atom is -0.370 e. The van der Waals surface area contributed by atoms with Crippen LogP contribution < -0.4 is 11.1 Å². The second-order valence-corrected chi connectivity index (χ2v) is 2.43. The van der Waals surface area contributed by atoms with Crippen LogP contribution in [0.25, 0.3) is 0 Å². The third-order valence-electron chi connectivity index (χ3n) is 1.58. The number of nitrogens with zero attached hydrogens (tertiary/aromatic N) is 2. The van der Waals surface area contributed by atoms with Gasteiger partial charge in [-0.25, -0.2) is 0 Å². The lowest BCUT2D eigenvalue weighted by molar-refractivity contribution is 0.357. The Morgan fingerprint density at radius 3 is 2.73 bits per heavy atom. The third-order valence-corrected chi connectivity index (χ3v) is 1.58. The summed E-state index contributed by atoms with van der Waals surface area (Å²) in [7, 11) is 3.74. The van der Waals surface area contributed by atoms with Crippen molar-refractivity contribution in [3.8, 4) is 0 Å². The molecule has 0 aromatic rings. The van der Waals surface area contributed by atoms with Crippen LogP contribution in [0.2, 0.25) is 0 Å². The Labute approximate surface area is 68.5 Å². The topological polar surface area (TPSA) is 53.6 Å². The Morgan fingerprint density at radius 1 is 1.64 bits per heavy atom. The van der Waals surface area contributed by atoms with E-state index in [1.807, 2.05) is 0 Å². The molecule has 0 aromatic carbocycles. The van der Waals surface area contributed by atoms with E-state index in [0.717, 1.165) is 19.6 Å². The maximum Gasteiger partial charge on any atom is 0.188 e. The van der Waals surface area contributed by atoms with Crippen LogP contribution in [-0.4, -0.2) is 44.6 Å². The minimum atomic E-state index is 0.509. The summed E-state index contributed by atoms with van der Waals surface area (Å²) < 4.78 is 0. The molecule has 0 unspecified atom stereocenters. The van der Waals surface area contributed by atoms with E-state index in [-0.39, 0.29) is 0 Å². The predicted molar refractivity (Wildman–Crippen MR) is 48.7 cm³/mol. The van der Waals surface area contributed by atoms with Crippen LogP contribution in [0.15, 0.2) is 4.99 Å². The molecule has 0 aliphatic heterocycles. The normalized spacial score (nSPS) is 12.2. The number of nitrogens with two attached hydrogens (primary N) is 1. The van der Waals surface area contributed by atoms with E-state index in [1.54, 1.807) is 7.05 Å². The van der Waals surface area contributed by atoms with E-state index in [9.17, 15) is 0 Å². The van der Waals surface area contributed by atoms with Crippen LogP contribution in [0.1, 0.15) is 6.92 Å². The molecule has 0 spiro atoms. The minimum absolute atomic E-state index is 0.509. The van der Waals surface area contributed by atoms with Crippen molar-refractivity contribution in [3.05, 3.63) is 0 Å². The van der Waals surface area contributed by atoms with E-state index < -0.39 is 0 Å². The van der Waals surface area contributed by atoms with Gasteiger partial charge in [-0.05, 0) is 13.6 Å². The second kappa shape index (κ2) is 5.97. The summed E-state index contributed by atoms with van der Waals surface area (Å²) in [6.07, 6.45) is 0. The van der Waals surface area contributed by atoms with Gasteiger partial charge < -0.3 is 16.0 Å². The number of likely N-dealkylation sites (N-methyl/N-ethyl adjacent to an activating group) is 1. The van der Waals surface area contributed by atoms with Gasteiger partial charge >= 0.3 is 0 Å². The molecule has 0 aromatic heterocycles. The lowest BCUT2D eigenvalue weighted by Crippen LogP contribution is -2.37. The lowest BCUT2D eigenvalue weighted by atomic mass is 10.5. The van der Waals surface area contributed by atoms with Gasteiger partial charge in [0.1, 0.15) is 0 Å². The molecule has 0 bridgehead atoms. The zero-order valence-electron chi connectivity index (χ0n) is 7.59. The molecule has 0 rings (SSSR count). The van der Waals surface area contributed by atoms with Crippen LogP contribution in [-0.2, 0) is 0 Å². The number of nitrogens with one attached hydrogen (secondary N) is 1. The molecule has 0 radical (unpaired) electrons. The Morgan fingerprint density at radius 2 is 2.27 bits per heavy atom. The lowest BCUT2D eigenvalue weighted by Gasteiger charge is -2.13. The molecule has 3 N–H and O–H groups in total. The quantitative estimate of drug-likeness (QED) is 0.427. The Balaban J connectivity index is 3.27. The zero-order valence-corrected chi connectivity index (χ0v) is 7.59. The third kappa shape index (κ3) is 5.66. The molecule has 0 atom stereocenters. The molecule has 0 aliphatic rings. The maximum absolute atomic E-state index is 5.42. The van der Waals surface area contributed by atoms with Crippen molar-refractivity contribution >= 4 is 5.96 Å². The molecule has 0 amide bonds. The fourth-order valence-electron chi connectivity index (χ4n) is 0.612. The van der Waals surface area contributed by atoms with Gasteiger partial charge in [0.25, 0.3) is 0 Å². The fourth-order valence-corrected chi connectivity index (χ4v) is 0.612. The predicted octanol–water partition coefficient (Wildman–Crippen LogP) is -0.528. The highest BCUT2D eigenvalue weighted by Gasteiger charge is 1.93. The molecule has 0 saturated carbocycles. The van der Waals surface area contributed by atoms with Gasteiger partial charge in [-0.15, -0.1) is 0 Å². The Hall–Kier alpha value is -0.770. The average molecular weight is 158 g/mol. The highest BCUT2D eigenvalue weighted by atomic mass is 15.1. The molecule has 0 saturated heterocycles. The molecule has 0 fully saturated rings. The molecule has 4 heteroatoms.